The summed E-state index contributed by atoms with van der Waals surface area (Å²) in [5.74, 6) is 0.665. The van der Waals surface area contributed by atoms with E-state index in [9.17, 15) is 4.79 Å². The van der Waals surface area contributed by atoms with Crippen molar-refractivity contribution in [1.29, 1.82) is 0 Å². The maximum Gasteiger partial charge on any atom is 0.171 e. The third-order valence-corrected chi connectivity index (χ3v) is 2.00. The number of hydrogen-bond acceptors (Lipinski definition) is 4. The van der Waals surface area contributed by atoms with E-state index >= 15 is 0 Å². The molecular weight excluding hydrogens is 190 g/mol. The fourth-order valence-electron chi connectivity index (χ4n) is 0.792. The topological polar surface area (TPSA) is 46.1 Å². The quantitative estimate of drug-likeness (QED) is 0.691. The van der Waals surface area contributed by atoms with Gasteiger partial charge in [-0.3, -0.25) is 4.79 Å². The molecule has 0 aliphatic rings. The highest BCUT2D eigenvalue weighted by atomic mass is 35.5. The van der Waals surface area contributed by atoms with Gasteiger partial charge in [-0.1, -0.05) is 11.6 Å². The zero-order valence-corrected chi connectivity index (χ0v) is 8.25. The van der Waals surface area contributed by atoms with E-state index in [1.54, 1.807) is 0 Å². The van der Waals surface area contributed by atoms with Gasteiger partial charge in [-0.2, -0.15) is 0 Å². The number of carbonyl (C=O) groups excluding carboxylic acids is 1. The molecule has 1 aromatic rings. The van der Waals surface area contributed by atoms with Crippen LogP contribution in [0.2, 0.25) is 5.15 Å². The molecule has 70 valence electrons. The van der Waals surface area contributed by atoms with E-state index in [0.717, 1.165) is 6.54 Å². The van der Waals surface area contributed by atoms with Crippen LogP contribution in [0.25, 0.3) is 0 Å². The zero-order valence-electron chi connectivity index (χ0n) is 7.49. The lowest BCUT2D eigenvalue weighted by molar-refractivity contribution is 0.111. The minimum absolute atomic E-state index is 0.146. The van der Waals surface area contributed by atoms with Crippen LogP contribution in [0.4, 0.5) is 5.82 Å². The lowest BCUT2D eigenvalue weighted by Crippen LogP contribution is -2.17. The van der Waals surface area contributed by atoms with E-state index in [0.29, 0.717) is 12.1 Å². The second kappa shape index (κ2) is 4.18. The second-order valence-corrected chi connectivity index (χ2v) is 2.89. The van der Waals surface area contributed by atoms with E-state index in [2.05, 4.69) is 9.97 Å². The molecule has 0 aromatic carbocycles. The third kappa shape index (κ3) is 2.15. The normalized spacial score (nSPS) is 9.77. The van der Waals surface area contributed by atoms with Crippen molar-refractivity contribution in [3.63, 3.8) is 0 Å². The van der Waals surface area contributed by atoms with Gasteiger partial charge in [0.15, 0.2) is 11.4 Å². The largest absolute Gasteiger partial charge is 0.359 e. The number of nitrogens with zero attached hydrogens (tertiary/aromatic N) is 3. The van der Waals surface area contributed by atoms with Crippen LogP contribution in [-0.4, -0.2) is 29.8 Å². The summed E-state index contributed by atoms with van der Waals surface area (Å²) in [5, 5.41) is 0.146. The van der Waals surface area contributed by atoms with Crippen molar-refractivity contribution >= 4 is 23.7 Å². The Hall–Kier alpha value is -1.16. The fourth-order valence-corrected chi connectivity index (χ4v) is 0.972. The molecule has 5 heteroatoms. The molecule has 0 amide bonds. The van der Waals surface area contributed by atoms with Crippen molar-refractivity contribution in [2.24, 2.45) is 0 Å². The number of carbonyl (C=O) groups is 1. The second-order valence-electron chi connectivity index (χ2n) is 2.54. The van der Waals surface area contributed by atoms with Gasteiger partial charge < -0.3 is 4.90 Å². The number of aromatic nitrogens is 2. The van der Waals surface area contributed by atoms with Crippen molar-refractivity contribution in [1.82, 2.24) is 9.97 Å². The van der Waals surface area contributed by atoms with Crippen LogP contribution in [0, 0.1) is 0 Å². The number of halogens is 1. The molecule has 0 radical (unpaired) electrons. The van der Waals surface area contributed by atoms with Crippen molar-refractivity contribution < 1.29 is 4.79 Å². The van der Waals surface area contributed by atoms with Gasteiger partial charge in [0.05, 0.1) is 6.20 Å². The van der Waals surface area contributed by atoms with Gasteiger partial charge >= 0.3 is 0 Å². The molecular formula is C8H10ClN3O. The maximum absolute atomic E-state index is 10.4. The fraction of sp³-hybridized carbons (Fsp3) is 0.375. The third-order valence-electron chi connectivity index (χ3n) is 1.72. The van der Waals surface area contributed by atoms with E-state index in [4.69, 9.17) is 11.6 Å². The van der Waals surface area contributed by atoms with Crippen molar-refractivity contribution in [3.8, 4) is 0 Å². The van der Waals surface area contributed by atoms with E-state index in [-0.39, 0.29) is 10.8 Å². The molecule has 0 saturated heterocycles. The molecule has 1 aromatic heterocycles. The number of hydrogen-bond donors (Lipinski definition) is 0. The standard InChI is InChI=1S/C8H10ClN3O/c1-3-12(2)7-4-10-6(5-13)8(9)11-7/h4-5H,3H2,1-2H3. The highest BCUT2D eigenvalue weighted by molar-refractivity contribution is 6.31. The number of anilines is 1. The summed E-state index contributed by atoms with van der Waals surface area (Å²) in [7, 11) is 1.88. The zero-order chi connectivity index (χ0) is 9.84. The predicted octanol–water partition coefficient (Wildman–Crippen LogP) is 1.40. The van der Waals surface area contributed by atoms with Gasteiger partial charge in [0.25, 0.3) is 0 Å². The SMILES string of the molecule is CCN(C)c1cnc(C=O)c(Cl)n1. The Morgan fingerprint density at radius 1 is 1.69 bits per heavy atom. The lowest BCUT2D eigenvalue weighted by atomic mass is 10.5. The Morgan fingerprint density at radius 2 is 2.38 bits per heavy atom. The Labute approximate surface area is 81.6 Å². The molecule has 0 unspecified atom stereocenters. The van der Waals surface area contributed by atoms with Crippen LogP contribution in [0.15, 0.2) is 6.20 Å². The first-order chi connectivity index (χ1) is 6.19. The highest BCUT2D eigenvalue weighted by Gasteiger charge is 2.05. The summed E-state index contributed by atoms with van der Waals surface area (Å²) < 4.78 is 0. The molecule has 0 aliphatic carbocycles. The smallest absolute Gasteiger partial charge is 0.171 e. The number of rotatable bonds is 3. The Morgan fingerprint density at radius 3 is 2.85 bits per heavy atom. The summed E-state index contributed by atoms with van der Waals surface area (Å²) in [6, 6.07) is 0. The molecule has 0 bridgehead atoms. The van der Waals surface area contributed by atoms with Crippen LogP contribution in [0.3, 0.4) is 0 Å². The average molecular weight is 200 g/mol. The predicted molar refractivity (Wildman–Crippen MR) is 51.4 cm³/mol. The lowest BCUT2D eigenvalue weighted by Gasteiger charge is -2.14. The van der Waals surface area contributed by atoms with Crippen LogP contribution >= 0.6 is 11.6 Å². The minimum Gasteiger partial charge on any atom is -0.359 e. The first-order valence-corrected chi connectivity index (χ1v) is 4.25. The summed E-state index contributed by atoms with van der Waals surface area (Å²) in [6.45, 7) is 2.80. The Kier molecular flexibility index (Phi) is 3.19. The molecule has 13 heavy (non-hydrogen) atoms. The monoisotopic (exact) mass is 199 g/mol. The van der Waals surface area contributed by atoms with E-state index in [1.807, 2.05) is 18.9 Å². The van der Waals surface area contributed by atoms with Crippen molar-refractivity contribution in [2.45, 2.75) is 6.92 Å². The van der Waals surface area contributed by atoms with Gasteiger partial charge in [-0.05, 0) is 6.92 Å². The molecule has 0 spiro atoms. The first kappa shape index (κ1) is 9.92. The average Bonchev–Trinajstić information content (AvgIpc) is 2.16. The summed E-state index contributed by atoms with van der Waals surface area (Å²) in [5.41, 5.74) is 0.176. The van der Waals surface area contributed by atoms with Crippen molar-refractivity contribution in [3.05, 3.63) is 17.0 Å². The molecule has 0 saturated carbocycles. The van der Waals surface area contributed by atoms with Crippen LogP contribution in [0.1, 0.15) is 17.4 Å². The van der Waals surface area contributed by atoms with E-state index in [1.165, 1.54) is 6.20 Å². The minimum atomic E-state index is 0.146. The molecule has 1 heterocycles. The van der Waals surface area contributed by atoms with Crippen LogP contribution < -0.4 is 4.90 Å². The molecule has 0 aliphatic heterocycles. The molecule has 4 nitrogen and oxygen atoms in total. The Balaban J connectivity index is 3.02. The highest BCUT2D eigenvalue weighted by Crippen LogP contribution is 2.13. The van der Waals surface area contributed by atoms with Crippen LogP contribution in [0.5, 0.6) is 0 Å². The molecule has 0 atom stereocenters. The molecule has 1 rings (SSSR count). The van der Waals surface area contributed by atoms with Crippen LogP contribution in [-0.2, 0) is 0 Å². The van der Waals surface area contributed by atoms with Gasteiger partial charge in [-0.25, -0.2) is 9.97 Å². The van der Waals surface area contributed by atoms with Gasteiger partial charge in [-0.15, -0.1) is 0 Å². The van der Waals surface area contributed by atoms with Gasteiger partial charge in [0.1, 0.15) is 11.5 Å². The Bertz CT molecular complexity index is 316. The first-order valence-electron chi connectivity index (χ1n) is 3.88. The van der Waals surface area contributed by atoms with Crippen molar-refractivity contribution in [2.75, 3.05) is 18.5 Å². The summed E-state index contributed by atoms with van der Waals surface area (Å²) in [4.78, 5) is 20.1. The number of aldehydes is 1. The summed E-state index contributed by atoms with van der Waals surface area (Å²) >= 11 is 5.70. The molecule has 0 N–H and O–H groups in total. The van der Waals surface area contributed by atoms with Gasteiger partial charge in [0.2, 0.25) is 0 Å². The molecule has 0 fully saturated rings. The van der Waals surface area contributed by atoms with E-state index < -0.39 is 0 Å². The summed E-state index contributed by atoms with van der Waals surface area (Å²) in [6.07, 6.45) is 2.12. The maximum atomic E-state index is 10.4. The van der Waals surface area contributed by atoms with Gasteiger partial charge in [0, 0.05) is 13.6 Å².